The number of nitrogens with one attached hydrogen (secondary N) is 2. The van der Waals surface area contributed by atoms with E-state index >= 15 is 0 Å². The van der Waals surface area contributed by atoms with Gasteiger partial charge in [-0.05, 0) is 44.6 Å². The van der Waals surface area contributed by atoms with Crippen molar-refractivity contribution in [3.8, 4) is 0 Å². The lowest BCUT2D eigenvalue weighted by Gasteiger charge is -2.14. The lowest BCUT2D eigenvalue weighted by Crippen LogP contribution is -2.38. The molecule has 5 nitrogen and oxygen atoms in total. The second-order valence-electron chi connectivity index (χ2n) is 7.08. The molecule has 1 aromatic rings. The van der Waals surface area contributed by atoms with Gasteiger partial charge in [0.1, 0.15) is 0 Å². The number of guanidine groups is 1. The molecule has 0 aromatic carbocycles. The number of aryl methyl sites for hydroxylation is 1. The standard InChI is InChI=1S/C20H34N4O.HI/c1-17-9-7-13-19(25)24(17)16-6-5-14-22-20(21-2)23-15-8-12-18-10-3-4-11-18;/h7,9,13,18H,3-6,8,10-12,14-16H2,1-2H3,(H2,21,22,23);1H. The minimum atomic E-state index is 0. The number of aromatic nitrogens is 1. The van der Waals surface area contributed by atoms with E-state index in [4.69, 9.17) is 0 Å². The van der Waals surface area contributed by atoms with Gasteiger partial charge in [0.25, 0.3) is 5.56 Å². The molecule has 1 saturated carbocycles. The Bertz CT molecular complexity index is 594. The summed E-state index contributed by atoms with van der Waals surface area (Å²) in [5.41, 5.74) is 1.12. The van der Waals surface area contributed by atoms with Gasteiger partial charge in [0.05, 0.1) is 0 Å². The first-order valence-electron chi connectivity index (χ1n) is 9.81. The average Bonchev–Trinajstić information content (AvgIpc) is 3.12. The fraction of sp³-hybridized carbons (Fsp3) is 0.700. The molecule has 1 aliphatic carbocycles. The lowest BCUT2D eigenvalue weighted by molar-refractivity contribution is 0.481. The zero-order valence-corrected chi connectivity index (χ0v) is 18.6. The Hall–Kier alpha value is -1.05. The van der Waals surface area contributed by atoms with Crippen LogP contribution in [0.15, 0.2) is 28.0 Å². The summed E-state index contributed by atoms with van der Waals surface area (Å²) in [6.45, 7) is 4.63. The number of hydrogen-bond donors (Lipinski definition) is 2. The predicted octanol–water partition coefficient (Wildman–Crippen LogP) is 3.69. The van der Waals surface area contributed by atoms with Crippen molar-refractivity contribution in [1.29, 1.82) is 0 Å². The third-order valence-electron chi connectivity index (χ3n) is 5.15. The molecule has 0 amide bonds. The van der Waals surface area contributed by atoms with Gasteiger partial charge < -0.3 is 15.2 Å². The number of rotatable bonds is 9. The summed E-state index contributed by atoms with van der Waals surface area (Å²) in [6, 6.07) is 5.43. The third kappa shape index (κ3) is 8.10. The van der Waals surface area contributed by atoms with Gasteiger partial charge in [0.15, 0.2) is 5.96 Å². The molecule has 2 N–H and O–H groups in total. The highest BCUT2D eigenvalue weighted by Gasteiger charge is 2.13. The van der Waals surface area contributed by atoms with Crippen LogP contribution in [0, 0.1) is 12.8 Å². The van der Waals surface area contributed by atoms with Crippen LogP contribution in [-0.4, -0.2) is 30.7 Å². The molecule has 26 heavy (non-hydrogen) atoms. The summed E-state index contributed by atoms with van der Waals surface area (Å²) in [7, 11) is 1.82. The van der Waals surface area contributed by atoms with Gasteiger partial charge in [-0.2, -0.15) is 0 Å². The fourth-order valence-corrected chi connectivity index (χ4v) is 3.63. The monoisotopic (exact) mass is 474 g/mol. The van der Waals surface area contributed by atoms with Crippen molar-refractivity contribution in [1.82, 2.24) is 15.2 Å². The van der Waals surface area contributed by atoms with Crippen molar-refractivity contribution in [2.45, 2.75) is 64.8 Å². The number of unbranched alkanes of at least 4 members (excludes halogenated alkanes) is 1. The van der Waals surface area contributed by atoms with Gasteiger partial charge in [-0.15, -0.1) is 24.0 Å². The molecule has 1 aromatic heterocycles. The van der Waals surface area contributed by atoms with Crippen LogP contribution in [0.2, 0.25) is 0 Å². The van der Waals surface area contributed by atoms with Crippen LogP contribution >= 0.6 is 24.0 Å². The molecule has 2 rings (SSSR count). The van der Waals surface area contributed by atoms with E-state index in [0.29, 0.717) is 0 Å². The molecular weight excluding hydrogens is 439 g/mol. The maximum absolute atomic E-state index is 11.8. The van der Waals surface area contributed by atoms with E-state index < -0.39 is 0 Å². The SMILES string of the molecule is CN=C(NCCCCn1c(C)cccc1=O)NCCCC1CCCC1.I. The molecule has 0 bridgehead atoms. The third-order valence-corrected chi connectivity index (χ3v) is 5.15. The van der Waals surface area contributed by atoms with Crippen LogP contribution < -0.4 is 16.2 Å². The maximum atomic E-state index is 11.8. The molecule has 1 fully saturated rings. The Labute approximate surface area is 175 Å². The van der Waals surface area contributed by atoms with Crippen LogP contribution in [0.5, 0.6) is 0 Å². The van der Waals surface area contributed by atoms with Crippen molar-refractivity contribution in [3.05, 3.63) is 34.2 Å². The normalized spacial score (nSPS) is 14.9. The summed E-state index contributed by atoms with van der Waals surface area (Å²) >= 11 is 0. The average molecular weight is 474 g/mol. The van der Waals surface area contributed by atoms with Crippen molar-refractivity contribution in [3.63, 3.8) is 0 Å². The van der Waals surface area contributed by atoms with Crippen LogP contribution in [-0.2, 0) is 6.54 Å². The van der Waals surface area contributed by atoms with E-state index in [1.54, 1.807) is 6.07 Å². The van der Waals surface area contributed by atoms with Crippen LogP contribution in [0.3, 0.4) is 0 Å². The molecule has 6 heteroatoms. The first kappa shape index (κ1) is 23.0. The van der Waals surface area contributed by atoms with Gasteiger partial charge in [-0.3, -0.25) is 9.79 Å². The molecule has 1 aliphatic rings. The predicted molar refractivity (Wildman–Crippen MR) is 121 cm³/mol. The number of hydrogen-bond acceptors (Lipinski definition) is 2. The van der Waals surface area contributed by atoms with Gasteiger partial charge in [0.2, 0.25) is 0 Å². The summed E-state index contributed by atoms with van der Waals surface area (Å²) in [4.78, 5) is 16.1. The molecule has 0 atom stereocenters. The molecule has 0 radical (unpaired) electrons. The zero-order valence-electron chi connectivity index (χ0n) is 16.3. The van der Waals surface area contributed by atoms with Crippen LogP contribution in [0.25, 0.3) is 0 Å². The van der Waals surface area contributed by atoms with Crippen molar-refractivity contribution >= 4 is 29.9 Å². The Kier molecular flexibility index (Phi) is 11.6. The zero-order chi connectivity index (χ0) is 17.9. The topological polar surface area (TPSA) is 58.4 Å². The van der Waals surface area contributed by atoms with Crippen molar-refractivity contribution in [2.24, 2.45) is 10.9 Å². The van der Waals surface area contributed by atoms with Gasteiger partial charge in [-0.25, -0.2) is 0 Å². The summed E-state index contributed by atoms with van der Waals surface area (Å²) in [5, 5.41) is 6.77. The van der Waals surface area contributed by atoms with Gasteiger partial charge in [0, 0.05) is 38.4 Å². The van der Waals surface area contributed by atoms with E-state index in [1.165, 1.54) is 38.5 Å². The minimum Gasteiger partial charge on any atom is -0.356 e. The Morgan fingerprint density at radius 3 is 2.50 bits per heavy atom. The quantitative estimate of drug-likeness (QED) is 0.249. The highest BCUT2D eigenvalue weighted by atomic mass is 127. The second kappa shape index (κ2) is 13.2. The molecule has 148 valence electrons. The smallest absolute Gasteiger partial charge is 0.250 e. The number of nitrogens with zero attached hydrogens (tertiary/aromatic N) is 2. The van der Waals surface area contributed by atoms with E-state index in [-0.39, 0.29) is 29.5 Å². The number of halogens is 1. The van der Waals surface area contributed by atoms with Gasteiger partial charge >= 0.3 is 0 Å². The second-order valence-corrected chi connectivity index (χ2v) is 7.08. The Morgan fingerprint density at radius 2 is 1.85 bits per heavy atom. The van der Waals surface area contributed by atoms with Crippen molar-refractivity contribution < 1.29 is 0 Å². The number of aliphatic imine (C=N–C) groups is 1. The molecule has 0 unspecified atom stereocenters. The fourth-order valence-electron chi connectivity index (χ4n) is 3.63. The minimum absolute atomic E-state index is 0. The van der Waals surface area contributed by atoms with Crippen LogP contribution in [0.4, 0.5) is 0 Å². The Balaban J connectivity index is 0.00000338. The molecule has 0 spiro atoms. The summed E-state index contributed by atoms with van der Waals surface area (Å²) < 4.78 is 1.84. The van der Waals surface area contributed by atoms with Crippen molar-refractivity contribution in [2.75, 3.05) is 20.1 Å². The lowest BCUT2D eigenvalue weighted by atomic mass is 10.0. The highest BCUT2D eigenvalue weighted by molar-refractivity contribution is 14.0. The van der Waals surface area contributed by atoms with E-state index in [2.05, 4.69) is 15.6 Å². The first-order valence-corrected chi connectivity index (χ1v) is 9.81. The molecule has 1 heterocycles. The van der Waals surface area contributed by atoms with E-state index in [1.807, 2.05) is 30.7 Å². The largest absolute Gasteiger partial charge is 0.356 e. The van der Waals surface area contributed by atoms with E-state index in [0.717, 1.165) is 50.0 Å². The van der Waals surface area contributed by atoms with E-state index in [9.17, 15) is 4.79 Å². The Morgan fingerprint density at radius 1 is 1.15 bits per heavy atom. The first-order chi connectivity index (χ1) is 12.2. The highest BCUT2D eigenvalue weighted by Crippen LogP contribution is 2.28. The molecule has 0 aliphatic heterocycles. The summed E-state index contributed by atoms with van der Waals surface area (Å²) in [6.07, 6.45) is 10.3. The van der Waals surface area contributed by atoms with Crippen LogP contribution in [0.1, 0.15) is 57.1 Å². The number of pyridine rings is 1. The molecule has 0 saturated heterocycles. The summed E-state index contributed by atoms with van der Waals surface area (Å²) in [5.74, 6) is 1.85. The maximum Gasteiger partial charge on any atom is 0.250 e. The van der Waals surface area contributed by atoms with Gasteiger partial charge in [-0.1, -0.05) is 31.7 Å². The molecular formula is C20H35IN4O.